The monoisotopic (exact) mass is 298 g/mol. The molecule has 0 radical (unpaired) electrons. The van der Waals surface area contributed by atoms with E-state index in [0.717, 1.165) is 0 Å². The fraction of sp³-hybridized carbons (Fsp3) is 0.500. The minimum Gasteiger partial charge on any atom is -0.386 e. The van der Waals surface area contributed by atoms with Gasteiger partial charge in [0, 0.05) is 19.6 Å². The molecule has 1 saturated heterocycles. The van der Waals surface area contributed by atoms with Gasteiger partial charge in [0.05, 0.1) is 23.4 Å². The Hall–Kier alpha value is -1.14. The minimum atomic E-state index is -0.898. The molecule has 2 atom stereocenters. The molecule has 1 fully saturated rings. The van der Waals surface area contributed by atoms with Crippen LogP contribution in [0.4, 0.5) is 5.69 Å². The van der Waals surface area contributed by atoms with Gasteiger partial charge in [0.1, 0.15) is 5.60 Å². The average molecular weight is 299 g/mol. The summed E-state index contributed by atoms with van der Waals surface area (Å²) >= 11 is 5.96. The highest BCUT2D eigenvalue weighted by Crippen LogP contribution is 2.24. The van der Waals surface area contributed by atoms with Crippen molar-refractivity contribution in [1.82, 2.24) is 5.32 Å². The summed E-state index contributed by atoms with van der Waals surface area (Å²) in [6.07, 6.45) is 0.356. The number of amides is 1. The Morgan fingerprint density at radius 1 is 1.55 bits per heavy atom. The van der Waals surface area contributed by atoms with E-state index in [1.165, 1.54) is 0 Å². The highest BCUT2D eigenvalue weighted by Gasteiger charge is 2.39. The van der Waals surface area contributed by atoms with Crippen molar-refractivity contribution < 1.29 is 14.6 Å². The second kappa shape index (κ2) is 6.54. The van der Waals surface area contributed by atoms with Gasteiger partial charge in [0.25, 0.3) is 0 Å². The third-order valence-corrected chi connectivity index (χ3v) is 3.85. The van der Waals surface area contributed by atoms with Crippen LogP contribution in [0.25, 0.3) is 0 Å². The van der Waals surface area contributed by atoms with E-state index in [-0.39, 0.29) is 18.6 Å². The van der Waals surface area contributed by atoms with Gasteiger partial charge in [-0.05, 0) is 19.1 Å². The number of carbonyl (C=O) groups is 1. The molecule has 1 aliphatic heterocycles. The molecule has 20 heavy (non-hydrogen) atoms. The van der Waals surface area contributed by atoms with Crippen molar-refractivity contribution in [2.75, 3.05) is 25.0 Å². The van der Waals surface area contributed by atoms with Crippen LogP contribution in [0, 0.1) is 0 Å². The molecule has 2 rings (SSSR count). The standard InChI is InChI=1S/C14H19ClN2O3/c1-10-14(19,6-7-20-10)9-16-8-13(18)17-12-5-3-2-4-11(12)15/h2-5,10,16,19H,6-9H2,1H3,(H,17,18). The van der Waals surface area contributed by atoms with Gasteiger partial charge in [-0.3, -0.25) is 4.79 Å². The van der Waals surface area contributed by atoms with Gasteiger partial charge >= 0.3 is 0 Å². The number of rotatable bonds is 5. The van der Waals surface area contributed by atoms with E-state index in [0.29, 0.717) is 30.3 Å². The zero-order chi connectivity index (χ0) is 14.6. The lowest BCUT2D eigenvalue weighted by atomic mass is 9.97. The smallest absolute Gasteiger partial charge is 0.238 e. The first-order valence-corrected chi connectivity index (χ1v) is 6.98. The molecule has 0 aromatic heterocycles. The van der Waals surface area contributed by atoms with E-state index in [1.807, 2.05) is 6.92 Å². The van der Waals surface area contributed by atoms with E-state index in [9.17, 15) is 9.90 Å². The van der Waals surface area contributed by atoms with E-state index in [1.54, 1.807) is 24.3 Å². The third kappa shape index (κ3) is 3.70. The molecule has 1 heterocycles. The van der Waals surface area contributed by atoms with Gasteiger partial charge in [0.2, 0.25) is 5.91 Å². The Balaban J connectivity index is 1.77. The first-order valence-electron chi connectivity index (χ1n) is 6.60. The van der Waals surface area contributed by atoms with Gasteiger partial charge < -0.3 is 20.5 Å². The van der Waals surface area contributed by atoms with Crippen molar-refractivity contribution in [3.05, 3.63) is 29.3 Å². The zero-order valence-corrected chi connectivity index (χ0v) is 12.1. The van der Waals surface area contributed by atoms with Crippen LogP contribution in [0.1, 0.15) is 13.3 Å². The highest BCUT2D eigenvalue weighted by molar-refractivity contribution is 6.33. The van der Waals surface area contributed by atoms with Crippen molar-refractivity contribution in [2.24, 2.45) is 0 Å². The fourth-order valence-corrected chi connectivity index (χ4v) is 2.34. The molecule has 0 spiro atoms. The topological polar surface area (TPSA) is 70.6 Å². The molecule has 1 amide bonds. The first-order chi connectivity index (χ1) is 9.51. The van der Waals surface area contributed by atoms with E-state index in [2.05, 4.69) is 10.6 Å². The predicted molar refractivity (Wildman–Crippen MR) is 77.9 cm³/mol. The molecule has 0 saturated carbocycles. The van der Waals surface area contributed by atoms with E-state index in [4.69, 9.17) is 16.3 Å². The average Bonchev–Trinajstić information content (AvgIpc) is 2.73. The molecule has 6 heteroatoms. The summed E-state index contributed by atoms with van der Waals surface area (Å²) in [5.41, 5.74) is -0.317. The molecule has 3 N–H and O–H groups in total. The summed E-state index contributed by atoms with van der Waals surface area (Å²) in [5, 5.41) is 16.4. The summed E-state index contributed by atoms with van der Waals surface area (Å²) in [7, 11) is 0. The lowest BCUT2D eigenvalue weighted by molar-refractivity contribution is -0.115. The number of anilines is 1. The molecular formula is C14H19ClN2O3. The summed E-state index contributed by atoms with van der Waals surface area (Å²) in [4.78, 5) is 11.8. The molecule has 5 nitrogen and oxygen atoms in total. The Kier molecular flexibility index (Phi) is 4.99. The zero-order valence-electron chi connectivity index (χ0n) is 11.4. The maximum Gasteiger partial charge on any atom is 0.238 e. The second-order valence-corrected chi connectivity index (χ2v) is 5.41. The van der Waals surface area contributed by atoms with E-state index < -0.39 is 5.60 Å². The Morgan fingerprint density at radius 2 is 2.30 bits per heavy atom. The SMILES string of the molecule is CC1OCCC1(O)CNCC(=O)Nc1ccccc1Cl. The number of benzene rings is 1. The van der Waals surface area contributed by atoms with Gasteiger partial charge in [-0.25, -0.2) is 0 Å². The maximum absolute atomic E-state index is 11.8. The number of halogens is 1. The van der Waals surface area contributed by atoms with Crippen LogP contribution in [0.2, 0.25) is 5.02 Å². The van der Waals surface area contributed by atoms with Crippen LogP contribution in [-0.4, -0.2) is 42.4 Å². The number of hydrogen-bond donors (Lipinski definition) is 3. The normalized spacial score (nSPS) is 25.6. The predicted octanol–water partition coefficient (Wildman–Crippen LogP) is 1.41. The van der Waals surface area contributed by atoms with Gasteiger partial charge in [0.15, 0.2) is 0 Å². The first kappa shape index (κ1) is 15.3. The van der Waals surface area contributed by atoms with Crippen LogP contribution < -0.4 is 10.6 Å². The molecule has 1 aliphatic rings. The van der Waals surface area contributed by atoms with Crippen LogP contribution >= 0.6 is 11.6 Å². The summed E-state index contributed by atoms with van der Waals surface area (Å²) in [5.74, 6) is -0.201. The van der Waals surface area contributed by atoms with E-state index >= 15 is 0 Å². The van der Waals surface area contributed by atoms with Crippen molar-refractivity contribution in [2.45, 2.75) is 25.0 Å². The number of nitrogens with one attached hydrogen (secondary N) is 2. The molecule has 0 aliphatic carbocycles. The van der Waals surface area contributed by atoms with Gasteiger partial charge in [-0.15, -0.1) is 0 Å². The highest BCUT2D eigenvalue weighted by atomic mass is 35.5. The van der Waals surface area contributed by atoms with Gasteiger partial charge in [-0.1, -0.05) is 23.7 Å². The number of para-hydroxylation sites is 1. The van der Waals surface area contributed by atoms with Crippen LogP contribution in [0.15, 0.2) is 24.3 Å². The van der Waals surface area contributed by atoms with Crippen molar-refractivity contribution >= 4 is 23.2 Å². The summed E-state index contributed by atoms with van der Waals surface area (Å²) < 4.78 is 5.33. The number of hydrogen-bond acceptors (Lipinski definition) is 4. The molecule has 110 valence electrons. The second-order valence-electron chi connectivity index (χ2n) is 5.00. The van der Waals surface area contributed by atoms with Crippen molar-refractivity contribution in [1.29, 1.82) is 0 Å². The molecular weight excluding hydrogens is 280 g/mol. The minimum absolute atomic E-state index is 0.111. The van der Waals surface area contributed by atoms with Crippen LogP contribution in [0.3, 0.4) is 0 Å². The molecule has 1 aromatic rings. The fourth-order valence-electron chi connectivity index (χ4n) is 2.15. The van der Waals surface area contributed by atoms with Crippen LogP contribution in [-0.2, 0) is 9.53 Å². The Bertz CT molecular complexity index is 483. The lowest BCUT2D eigenvalue weighted by Gasteiger charge is -2.26. The largest absolute Gasteiger partial charge is 0.386 e. The number of carbonyl (C=O) groups excluding carboxylic acids is 1. The molecule has 0 bridgehead atoms. The number of ether oxygens (including phenoxy) is 1. The Morgan fingerprint density at radius 3 is 2.95 bits per heavy atom. The molecule has 2 unspecified atom stereocenters. The maximum atomic E-state index is 11.8. The lowest BCUT2D eigenvalue weighted by Crippen LogP contribution is -2.47. The Labute approximate surface area is 123 Å². The van der Waals surface area contributed by atoms with Crippen LogP contribution in [0.5, 0.6) is 0 Å². The quantitative estimate of drug-likeness (QED) is 0.769. The number of aliphatic hydroxyl groups is 1. The summed E-state index contributed by atoms with van der Waals surface area (Å²) in [6.45, 7) is 2.81. The van der Waals surface area contributed by atoms with Crippen molar-refractivity contribution in [3.8, 4) is 0 Å². The summed E-state index contributed by atoms with van der Waals surface area (Å²) in [6, 6.07) is 7.05. The molecule has 1 aromatic carbocycles. The van der Waals surface area contributed by atoms with Gasteiger partial charge in [-0.2, -0.15) is 0 Å². The third-order valence-electron chi connectivity index (χ3n) is 3.52. The van der Waals surface area contributed by atoms with Crippen molar-refractivity contribution in [3.63, 3.8) is 0 Å².